The predicted octanol–water partition coefficient (Wildman–Crippen LogP) is 2.52. The molecular weight excluding hydrogens is 292 g/mol. The van der Waals surface area contributed by atoms with Gasteiger partial charge in [-0.15, -0.1) is 0 Å². The molecule has 0 saturated carbocycles. The third kappa shape index (κ3) is 6.69. The maximum Gasteiger partial charge on any atom is 0.317 e. The molecule has 6 heteroatoms. The number of carbonyl (C=O) groups excluding carboxylic acids is 1. The van der Waals surface area contributed by atoms with Crippen molar-refractivity contribution < 1.29 is 14.6 Å². The quantitative estimate of drug-likeness (QED) is 0.760. The fourth-order valence-electron chi connectivity index (χ4n) is 1.80. The van der Waals surface area contributed by atoms with Crippen LogP contribution in [-0.4, -0.2) is 47.9 Å². The molecule has 1 atom stereocenters. The molecule has 1 rings (SSSR count). The molecule has 118 valence electrons. The van der Waals surface area contributed by atoms with E-state index in [1.165, 1.54) is 0 Å². The fraction of sp³-hybridized carbons (Fsp3) is 0.533. The first-order valence-electron chi connectivity index (χ1n) is 7.01. The molecule has 5 nitrogen and oxygen atoms in total. The standard InChI is InChI=1S/C15H23ClN2O3/c1-11(2)18(10-12(3)19)15(20)17-7-8-21-14-6-4-5-13(16)9-14/h4-6,9,11-12,19H,7-8,10H2,1-3H3,(H,17,20). The first-order valence-corrected chi connectivity index (χ1v) is 7.39. The van der Waals surface area contributed by atoms with Crippen molar-refractivity contribution >= 4 is 17.6 Å². The summed E-state index contributed by atoms with van der Waals surface area (Å²) < 4.78 is 5.49. The number of aliphatic hydroxyl groups is 1. The molecule has 0 fully saturated rings. The number of ether oxygens (including phenoxy) is 1. The molecule has 1 aromatic rings. The molecule has 2 amide bonds. The average molecular weight is 315 g/mol. The molecule has 0 bridgehead atoms. The number of hydrogen-bond acceptors (Lipinski definition) is 3. The number of halogens is 1. The Morgan fingerprint density at radius 3 is 2.71 bits per heavy atom. The van der Waals surface area contributed by atoms with Crippen molar-refractivity contribution in [2.75, 3.05) is 19.7 Å². The zero-order valence-electron chi connectivity index (χ0n) is 12.7. The molecule has 0 aliphatic rings. The van der Waals surface area contributed by atoms with Crippen LogP contribution in [0.2, 0.25) is 5.02 Å². The van der Waals surface area contributed by atoms with E-state index in [1.807, 2.05) is 19.9 Å². The maximum atomic E-state index is 12.0. The van der Waals surface area contributed by atoms with Gasteiger partial charge >= 0.3 is 6.03 Å². The van der Waals surface area contributed by atoms with Gasteiger partial charge in [0.15, 0.2) is 0 Å². The summed E-state index contributed by atoms with van der Waals surface area (Å²) in [5, 5.41) is 12.8. The van der Waals surface area contributed by atoms with Gasteiger partial charge in [-0.25, -0.2) is 4.79 Å². The van der Waals surface area contributed by atoms with Crippen LogP contribution in [0, 0.1) is 0 Å². The topological polar surface area (TPSA) is 61.8 Å². The van der Waals surface area contributed by atoms with Gasteiger partial charge in [0.1, 0.15) is 12.4 Å². The molecule has 2 N–H and O–H groups in total. The summed E-state index contributed by atoms with van der Waals surface area (Å²) in [6, 6.07) is 6.92. The molecular formula is C15H23ClN2O3. The van der Waals surface area contributed by atoms with E-state index in [0.29, 0.717) is 30.5 Å². The second-order valence-electron chi connectivity index (χ2n) is 5.13. The Morgan fingerprint density at radius 2 is 2.14 bits per heavy atom. The molecule has 1 aromatic carbocycles. The van der Waals surface area contributed by atoms with E-state index in [-0.39, 0.29) is 12.1 Å². The Hall–Kier alpha value is -1.46. The van der Waals surface area contributed by atoms with Crippen LogP contribution in [0.25, 0.3) is 0 Å². The summed E-state index contributed by atoms with van der Waals surface area (Å²) in [6.07, 6.45) is -0.555. The number of urea groups is 1. The molecule has 0 radical (unpaired) electrons. The Kier molecular flexibility index (Phi) is 7.32. The summed E-state index contributed by atoms with van der Waals surface area (Å²) in [5.74, 6) is 0.668. The van der Waals surface area contributed by atoms with Gasteiger partial charge in [-0.2, -0.15) is 0 Å². The van der Waals surface area contributed by atoms with Crippen molar-refractivity contribution in [1.82, 2.24) is 10.2 Å². The number of amides is 2. The van der Waals surface area contributed by atoms with Crippen molar-refractivity contribution in [3.63, 3.8) is 0 Å². The van der Waals surface area contributed by atoms with Crippen molar-refractivity contribution in [2.24, 2.45) is 0 Å². The van der Waals surface area contributed by atoms with Crippen LogP contribution in [0.5, 0.6) is 5.75 Å². The van der Waals surface area contributed by atoms with E-state index in [2.05, 4.69) is 5.32 Å². The van der Waals surface area contributed by atoms with Crippen LogP contribution in [0.4, 0.5) is 4.79 Å². The highest BCUT2D eigenvalue weighted by molar-refractivity contribution is 6.30. The highest BCUT2D eigenvalue weighted by Gasteiger charge is 2.17. The van der Waals surface area contributed by atoms with Gasteiger partial charge in [-0.05, 0) is 39.0 Å². The van der Waals surface area contributed by atoms with Gasteiger partial charge < -0.3 is 20.1 Å². The summed E-state index contributed by atoms with van der Waals surface area (Å²) in [7, 11) is 0. The molecule has 0 aromatic heterocycles. The third-order valence-electron chi connectivity index (χ3n) is 2.79. The lowest BCUT2D eigenvalue weighted by atomic mass is 10.3. The average Bonchev–Trinajstić information content (AvgIpc) is 2.40. The third-order valence-corrected chi connectivity index (χ3v) is 3.02. The summed E-state index contributed by atoms with van der Waals surface area (Å²) in [4.78, 5) is 13.6. The number of carbonyl (C=O) groups is 1. The van der Waals surface area contributed by atoms with Crippen LogP contribution in [0.3, 0.4) is 0 Å². The van der Waals surface area contributed by atoms with E-state index < -0.39 is 6.10 Å². The summed E-state index contributed by atoms with van der Waals surface area (Å²) >= 11 is 5.85. The van der Waals surface area contributed by atoms with E-state index in [9.17, 15) is 9.90 Å². The Morgan fingerprint density at radius 1 is 1.43 bits per heavy atom. The van der Waals surface area contributed by atoms with Crippen LogP contribution in [0.15, 0.2) is 24.3 Å². The van der Waals surface area contributed by atoms with Crippen molar-refractivity contribution in [2.45, 2.75) is 32.9 Å². The Labute approximate surface area is 130 Å². The van der Waals surface area contributed by atoms with E-state index in [4.69, 9.17) is 16.3 Å². The van der Waals surface area contributed by atoms with Gasteiger partial charge in [0, 0.05) is 17.6 Å². The second kappa shape index (κ2) is 8.74. The fourth-order valence-corrected chi connectivity index (χ4v) is 1.98. The minimum atomic E-state index is -0.555. The van der Waals surface area contributed by atoms with Crippen molar-refractivity contribution in [3.8, 4) is 5.75 Å². The van der Waals surface area contributed by atoms with Gasteiger partial charge in [-0.3, -0.25) is 0 Å². The minimum absolute atomic E-state index is 0.0217. The van der Waals surface area contributed by atoms with E-state index in [1.54, 1.807) is 30.0 Å². The number of aliphatic hydroxyl groups excluding tert-OH is 1. The summed E-state index contributed by atoms with van der Waals surface area (Å²) in [6.45, 7) is 6.51. The lowest BCUT2D eigenvalue weighted by Crippen LogP contribution is -2.47. The Balaban J connectivity index is 2.35. The van der Waals surface area contributed by atoms with Crippen LogP contribution < -0.4 is 10.1 Å². The monoisotopic (exact) mass is 314 g/mol. The molecule has 0 aliphatic carbocycles. The van der Waals surface area contributed by atoms with Crippen LogP contribution in [0.1, 0.15) is 20.8 Å². The number of rotatable bonds is 7. The molecule has 1 unspecified atom stereocenters. The number of nitrogens with zero attached hydrogens (tertiary/aromatic N) is 1. The molecule has 0 spiro atoms. The molecule has 21 heavy (non-hydrogen) atoms. The number of hydrogen-bond donors (Lipinski definition) is 2. The molecule has 0 saturated heterocycles. The largest absolute Gasteiger partial charge is 0.492 e. The zero-order chi connectivity index (χ0) is 15.8. The smallest absolute Gasteiger partial charge is 0.317 e. The predicted molar refractivity (Wildman–Crippen MR) is 83.9 cm³/mol. The first-order chi connectivity index (χ1) is 9.90. The zero-order valence-corrected chi connectivity index (χ0v) is 13.4. The second-order valence-corrected chi connectivity index (χ2v) is 5.57. The normalized spacial score (nSPS) is 12.1. The number of nitrogens with one attached hydrogen (secondary N) is 1. The van der Waals surface area contributed by atoms with Gasteiger partial charge in [0.05, 0.1) is 12.6 Å². The number of benzene rings is 1. The van der Waals surface area contributed by atoms with E-state index >= 15 is 0 Å². The maximum absolute atomic E-state index is 12.0. The Bertz CT molecular complexity index is 452. The first kappa shape index (κ1) is 17.6. The lowest BCUT2D eigenvalue weighted by Gasteiger charge is -2.28. The SMILES string of the molecule is CC(O)CN(C(=O)NCCOc1cccc(Cl)c1)C(C)C. The minimum Gasteiger partial charge on any atom is -0.492 e. The molecule has 0 heterocycles. The van der Waals surface area contributed by atoms with Crippen molar-refractivity contribution in [3.05, 3.63) is 29.3 Å². The van der Waals surface area contributed by atoms with Gasteiger partial charge in [0.25, 0.3) is 0 Å². The van der Waals surface area contributed by atoms with Gasteiger partial charge in [0.2, 0.25) is 0 Å². The highest BCUT2D eigenvalue weighted by Crippen LogP contribution is 2.16. The lowest BCUT2D eigenvalue weighted by molar-refractivity contribution is 0.118. The van der Waals surface area contributed by atoms with E-state index in [0.717, 1.165) is 0 Å². The van der Waals surface area contributed by atoms with Crippen LogP contribution in [-0.2, 0) is 0 Å². The van der Waals surface area contributed by atoms with Crippen molar-refractivity contribution in [1.29, 1.82) is 0 Å². The van der Waals surface area contributed by atoms with Gasteiger partial charge in [-0.1, -0.05) is 17.7 Å². The van der Waals surface area contributed by atoms with Crippen LogP contribution >= 0.6 is 11.6 Å². The highest BCUT2D eigenvalue weighted by atomic mass is 35.5. The molecule has 0 aliphatic heterocycles. The summed E-state index contributed by atoms with van der Waals surface area (Å²) in [5.41, 5.74) is 0.